The first-order valence-electron chi connectivity index (χ1n) is 12.8. The summed E-state index contributed by atoms with van der Waals surface area (Å²) >= 11 is 6.27. The van der Waals surface area contributed by atoms with Gasteiger partial charge in [0.25, 0.3) is 0 Å². The lowest BCUT2D eigenvalue weighted by molar-refractivity contribution is 1.07. The Balaban J connectivity index is 1.32. The Morgan fingerprint density at radius 1 is 0.333 bits per heavy atom. The van der Waals surface area contributed by atoms with Crippen molar-refractivity contribution >= 4 is 33.1 Å². The van der Waals surface area contributed by atoms with Crippen LogP contribution in [0.25, 0.3) is 66.8 Å². The number of nitrogens with zero attached hydrogens (tertiary/aromatic N) is 3. The van der Waals surface area contributed by atoms with Gasteiger partial charge in [-0.15, -0.1) is 0 Å². The van der Waals surface area contributed by atoms with Crippen LogP contribution in [0.3, 0.4) is 0 Å². The van der Waals surface area contributed by atoms with Gasteiger partial charge >= 0.3 is 0 Å². The van der Waals surface area contributed by atoms with Gasteiger partial charge in [-0.05, 0) is 56.9 Å². The van der Waals surface area contributed by atoms with E-state index in [1.807, 2.05) is 54.6 Å². The van der Waals surface area contributed by atoms with Crippen LogP contribution in [0.15, 0.2) is 133 Å². The fourth-order valence-electron chi connectivity index (χ4n) is 4.89. The molecule has 0 atom stereocenters. The molecule has 0 saturated carbocycles. The molecule has 6 aromatic carbocycles. The maximum atomic E-state index is 6.27. The summed E-state index contributed by atoms with van der Waals surface area (Å²) in [4.78, 5) is 14.7. The van der Waals surface area contributed by atoms with Crippen LogP contribution in [0, 0.1) is 0 Å². The van der Waals surface area contributed by atoms with E-state index >= 15 is 0 Å². The van der Waals surface area contributed by atoms with Crippen LogP contribution in [-0.2, 0) is 0 Å². The molecule has 1 aromatic heterocycles. The normalized spacial score (nSPS) is 11.2. The standard InChI is InChI=1S/C35H22ClN3/c36-32-19-18-25-13-17-30(21-31(25)22-32)35-38-33(26-7-2-1-3-8-26)37-34(39-35)27-14-10-24(11-15-27)29-16-12-23-6-4-5-9-28(23)20-29/h1-22H. The Kier molecular flexibility index (Phi) is 5.84. The maximum absolute atomic E-state index is 6.27. The first kappa shape index (κ1) is 23.3. The van der Waals surface area contributed by atoms with E-state index < -0.39 is 0 Å². The summed E-state index contributed by atoms with van der Waals surface area (Å²) in [5.41, 5.74) is 5.12. The summed E-state index contributed by atoms with van der Waals surface area (Å²) < 4.78 is 0. The van der Waals surface area contributed by atoms with Crippen LogP contribution >= 0.6 is 11.6 Å². The number of aromatic nitrogens is 3. The largest absolute Gasteiger partial charge is 0.208 e. The Bertz CT molecular complexity index is 1970. The summed E-state index contributed by atoms with van der Waals surface area (Å²) in [6.07, 6.45) is 0. The van der Waals surface area contributed by atoms with Crippen molar-refractivity contribution in [2.75, 3.05) is 0 Å². The molecule has 0 fully saturated rings. The van der Waals surface area contributed by atoms with Crippen molar-refractivity contribution in [2.24, 2.45) is 0 Å². The van der Waals surface area contributed by atoms with E-state index in [4.69, 9.17) is 26.6 Å². The van der Waals surface area contributed by atoms with E-state index in [-0.39, 0.29) is 0 Å². The molecule has 0 aliphatic carbocycles. The average Bonchev–Trinajstić information content (AvgIpc) is 3.01. The van der Waals surface area contributed by atoms with Crippen molar-refractivity contribution in [3.05, 3.63) is 138 Å². The first-order chi connectivity index (χ1) is 19.2. The molecule has 0 unspecified atom stereocenters. The molecule has 184 valence electrons. The van der Waals surface area contributed by atoms with Crippen molar-refractivity contribution in [2.45, 2.75) is 0 Å². The fourth-order valence-corrected chi connectivity index (χ4v) is 5.07. The Morgan fingerprint density at radius 3 is 1.56 bits per heavy atom. The molecule has 7 rings (SSSR count). The van der Waals surface area contributed by atoms with Gasteiger partial charge in [-0.2, -0.15) is 0 Å². The molecule has 39 heavy (non-hydrogen) atoms. The Morgan fingerprint density at radius 2 is 0.821 bits per heavy atom. The molecule has 3 nitrogen and oxygen atoms in total. The molecule has 0 saturated heterocycles. The minimum atomic E-state index is 0.624. The van der Waals surface area contributed by atoms with Crippen LogP contribution in [0.4, 0.5) is 0 Å². The number of benzene rings is 6. The quantitative estimate of drug-likeness (QED) is 0.232. The van der Waals surface area contributed by atoms with E-state index in [0.717, 1.165) is 33.0 Å². The number of halogens is 1. The van der Waals surface area contributed by atoms with Crippen LogP contribution in [0.2, 0.25) is 5.02 Å². The first-order valence-corrected chi connectivity index (χ1v) is 13.2. The lowest BCUT2D eigenvalue weighted by atomic mass is 10.00. The molecule has 0 aliphatic rings. The lowest BCUT2D eigenvalue weighted by Crippen LogP contribution is -2.00. The minimum absolute atomic E-state index is 0.624. The van der Waals surface area contributed by atoms with Crippen molar-refractivity contribution in [3.8, 4) is 45.3 Å². The predicted molar refractivity (Wildman–Crippen MR) is 162 cm³/mol. The third-order valence-corrected chi connectivity index (χ3v) is 7.19. The number of fused-ring (bicyclic) bond motifs is 2. The zero-order valence-electron chi connectivity index (χ0n) is 20.9. The van der Waals surface area contributed by atoms with Gasteiger partial charge in [-0.3, -0.25) is 0 Å². The van der Waals surface area contributed by atoms with Gasteiger partial charge in [-0.1, -0.05) is 121 Å². The Hall–Kier alpha value is -4.86. The molecular weight excluding hydrogens is 498 g/mol. The van der Waals surface area contributed by atoms with Gasteiger partial charge < -0.3 is 0 Å². The summed E-state index contributed by atoms with van der Waals surface area (Å²) in [5.74, 6) is 1.90. The van der Waals surface area contributed by atoms with Gasteiger partial charge in [0.15, 0.2) is 17.5 Å². The SMILES string of the molecule is Clc1ccc2ccc(-c3nc(-c4ccccc4)nc(-c4ccc(-c5ccc6ccccc6c5)cc4)n3)cc2c1. The highest BCUT2D eigenvalue weighted by molar-refractivity contribution is 6.31. The topological polar surface area (TPSA) is 38.7 Å². The highest BCUT2D eigenvalue weighted by Gasteiger charge is 2.13. The summed E-state index contributed by atoms with van der Waals surface area (Å²) in [7, 11) is 0. The number of hydrogen-bond donors (Lipinski definition) is 0. The predicted octanol–water partition coefficient (Wildman–Crippen LogP) is 9.50. The zero-order chi connectivity index (χ0) is 26.2. The summed E-state index contributed by atoms with van der Waals surface area (Å²) in [6.45, 7) is 0. The molecule has 0 radical (unpaired) electrons. The molecule has 0 N–H and O–H groups in total. The van der Waals surface area contributed by atoms with Crippen LogP contribution in [0.1, 0.15) is 0 Å². The van der Waals surface area contributed by atoms with E-state index in [0.29, 0.717) is 22.5 Å². The molecule has 4 heteroatoms. The van der Waals surface area contributed by atoms with Crippen molar-refractivity contribution in [3.63, 3.8) is 0 Å². The van der Waals surface area contributed by atoms with Crippen LogP contribution < -0.4 is 0 Å². The van der Waals surface area contributed by atoms with E-state index in [2.05, 4.69) is 78.9 Å². The number of hydrogen-bond acceptors (Lipinski definition) is 3. The molecule has 1 heterocycles. The smallest absolute Gasteiger partial charge is 0.164 e. The number of rotatable bonds is 4. The van der Waals surface area contributed by atoms with E-state index in [9.17, 15) is 0 Å². The average molecular weight is 520 g/mol. The fraction of sp³-hybridized carbons (Fsp3) is 0. The van der Waals surface area contributed by atoms with Crippen LogP contribution in [0.5, 0.6) is 0 Å². The second kappa shape index (κ2) is 9.79. The second-order valence-corrected chi connectivity index (χ2v) is 9.95. The van der Waals surface area contributed by atoms with Gasteiger partial charge in [0, 0.05) is 21.7 Å². The van der Waals surface area contributed by atoms with Gasteiger partial charge in [-0.25, -0.2) is 15.0 Å². The van der Waals surface area contributed by atoms with Gasteiger partial charge in [0.05, 0.1) is 0 Å². The van der Waals surface area contributed by atoms with E-state index in [1.165, 1.54) is 16.3 Å². The highest BCUT2D eigenvalue weighted by atomic mass is 35.5. The molecule has 0 bridgehead atoms. The maximum Gasteiger partial charge on any atom is 0.164 e. The lowest BCUT2D eigenvalue weighted by Gasteiger charge is -2.10. The summed E-state index contributed by atoms with van der Waals surface area (Å²) in [5, 5.41) is 5.32. The Labute approximate surface area is 231 Å². The minimum Gasteiger partial charge on any atom is -0.208 e. The molecule has 7 aromatic rings. The van der Waals surface area contributed by atoms with Gasteiger partial charge in [0.1, 0.15) is 0 Å². The van der Waals surface area contributed by atoms with Crippen molar-refractivity contribution in [1.82, 2.24) is 15.0 Å². The van der Waals surface area contributed by atoms with E-state index in [1.54, 1.807) is 0 Å². The molecule has 0 amide bonds. The molecular formula is C35H22ClN3. The van der Waals surface area contributed by atoms with Gasteiger partial charge in [0.2, 0.25) is 0 Å². The molecule has 0 spiro atoms. The van der Waals surface area contributed by atoms with Crippen LogP contribution in [-0.4, -0.2) is 15.0 Å². The second-order valence-electron chi connectivity index (χ2n) is 9.52. The monoisotopic (exact) mass is 519 g/mol. The van der Waals surface area contributed by atoms with Crippen molar-refractivity contribution < 1.29 is 0 Å². The third-order valence-electron chi connectivity index (χ3n) is 6.95. The third kappa shape index (κ3) is 4.65. The molecule has 0 aliphatic heterocycles. The zero-order valence-corrected chi connectivity index (χ0v) is 21.7. The summed E-state index contributed by atoms with van der Waals surface area (Å²) in [6, 6.07) is 45.5. The van der Waals surface area contributed by atoms with Crippen molar-refractivity contribution in [1.29, 1.82) is 0 Å². The highest BCUT2D eigenvalue weighted by Crippen LogP contribution is 2.30.